The van der Waals surface area contributed by atoms with Gasteiger partial charge >= 0.3 is 11.9 Å². The average molecular weight is 408 g/mol. The van der Waals surface area contributed by atoms with Gasteiger partial charge in [0.2, 0.25) is 0 Å². The van der Waals surface area contributed by atoms with Crippen LogP contribution in [0.15, 0.2) is 60.7 Å². The number of carbonyl (C=O) groups is 2. The summed E-state index contributed by atoms with van der Waals surface area (Å²) in [5, 5.41) is 7.30. The topological polar surface area (TPSA) is 76.7 Å². The zero-order valence-electron chi connectivity index (χ0n) is 17.3. The summed E-state index contributed by atoms with van der Waals surface area (Å²) in [6.07, 6.45) is 0. The third-order valence-corrected chi connectivity index (χ3v) is 6.22. The van der Waals surface area contributed by atoms with E-state index in [1.54, 1.807) is 13.8 Å². The molecule has 2 aromatic carbocycles. The normalized spacial score (nSPS) is 29.9. The van der Waals surface area contributed by atoms with Gasteiger partial charge in [-0.2, -0.15) is 0 Å². The Balaban J connectivity index is 1.91. The third kappa shape index (κ3) is 3.30. The molecule has 6 nitrogen and oxygen atoms in total. The lowest BCUT2D eigenvalue weighted by atomic mass is 9.58. The first kappa shape index (κ1) is 20.6. The first-order valence-electron chi connectivity index (χ1n) is 10.6. The summed E-state index contributed by atoms with van der Waals surface area (Å²) in [4.78, 5) is 26.4. The molecule has 3 aliphatic rings. The van der Waals surface area contributed by atoms with Gasteiger partial charge in [0.05, 0.1) is 36.6 Å². The van der Waals surface area contributed by atoms with Crippen molar-refractivity contribution in [3.05, 3.63) is 71.8 Å². The maximum atomic E-state index is 13.4. The predicted octanol–water partition coefficient (Wildman–Crippen LogP) is 2.56. The molecule has 0 aliphatic carbocycles. The van der Waals surface area contributed by atoms with Crippen LogP contribution in [-0.4, -0.2) is 37.7 Å². The highest BCUT2D eigenvalue weighted by molar-refractivity contribution is 5.85. The molecule has 0 spiro atoms. The lowest BCUT2D eigenvalue weighted by Gasteiger charge is -2.59. The zero-order valence-corrected chi connectivity index (χ0v) is 17.3. The number of nitrogens with one attached hydrogen (secondary N) is 2. The van der Waals surface area contributed by atoms with Gasteiger partial charge in [-0.25, -0.2) is 0 Å². The van der Waals surface area contributed by atoms with Crippen LogP contribution in [-0.2, 0) is 24.6 Å². The highest BCUT2D eigenvalue weighted by Crippen LogP contribution is 2.52. The van der Waals surface area contributed by atoms with E-state index in [0.29, 0.717) is 6.54 Å². The van der Waals surface area contributed by atoms with Gasteiger partial charge < -0.3 is 20.1 Å². The molecule has 158 valence electrons. The fourth-order valence-electron chi connectivity index (χ4n) is 5.09. The fraction of sp³-hybridized carbons (Fsp3) is 0.417. The molecule has 5 atom stereocenters. The summed E-state index contributed by atoms with van der Waals surface area (Å²) < 4.78 is 10.9. The molecule has 2 N–H and O–H groups in total. The molecule has 2 aromatic rings. The maximum absolute atomic E-state index is 13.4. The largest absolute Gasteiger partial charge is 0.466 e. The SMILES string of the molecule is CCOC(=O)C1C2CNC(c3ccccc3)(C(c3ccccc3)N2)C1C(=O)OCC. The summed E-state index contributed by atoms with van der Waals surface area (Å²) in [6, 6.07) is 19.5. The first-order chi connectivity index (χ1) is 14.6. The predicted molar refractivity (Wildman–Crippen MR) is 112 cm³/mol. The number of hydrogen-bond acceptors (Lipinski definition) is 6. The maximum Gasteiger partial charge on any atom is 0.312 e. The first-order valence-corrected chi connectivity index (χ1v) is 10.6. The summed E-state index contributed by atoms with van der Waals surface area (Å²) >= 11 is 0. The van der Waals surface area contributed by atoms with Crippen LogP contribution >= 0.6 is 0 Å². The number of benzene rings is 2. The van der Waals surface area contributed by atoms with Crippen molar-refractivity contribution in [3.8, 4) is 0 Å². The van der Waals surface area contributed by atoms with Gasteiger partial charge in [0.25, 0.3) is 0 Å². The van der Waals surface area contributed by atoms with Crippen molar-refractivity contribution < 1.29 is 19.1 Å². The van der Waals surface area contributed by atoms with Crippen LogP contribution in [0.2, 0.25) is 0 Å². The van der Waals surface area contributed by atoms with E-state index in [-0.39, 0.29) is 37.2 Å². The molecule has 0 aromatic heterocycles. The molecule has 3 fully saturated rings. The Kier molecular flexibility index (Phi) is 5.88. The molecular weight excluding hydrogens is 380 g/mol. The van der Waals surface area contributed by atoms with Crippen LogP contribution in [0, 0.1) is 11.8 Å². The van der Waals surface area contributed by atoms with Crippen molar-refractivity contribution in [1.82, 2.24) is 10.6 Å². The minimum atomic E-state index is -0.846. The van der Waals surface area contributed by atoms with E-state index >= 15 is 0 Å². The highest BCUT2D eigenvalue weighted by atomic mass is 16.5. The van der Waals surface area contributed by atoms with Crippen LogP contribution in [0.1, 0.15) is 31.0 Å². The van der Waals surface area contributed by atoms with Crippen LogP contribution < -0.4 is 10.6 Å². The molecule has 5 rings (SSSR count). The number of ether oxygens (including phenoxy) is 2. The number of hydrogen-bond donors (Lipinski definition) is 2. The van der Waals surface area contributed by atoms with Gasteiger partial charge in [-0.1, -0.05) is 60.7 Å². The van der Waals surface area contributed by atoms with Crippen LogP contribution in [0.3, 0.4) is 0 Å². The van der Waals surface area contributed by atoms with Crippen molar-refractivity contribution >= 4 is 11.9 Å². The average Bonchev–Trinajstić information content (AvgIpc) is 2.80. The number of fused-ring (bicyclic) bond motifs is 3. The Bertz CT molecular complexity index is 889. The Labute approximate surface area is 177 Å². The van der Waals surface area contributed by atoms with E-state index in [1.165, 1.54) is 0 Å². The van der Waals surface area contributed by atoms with Crippen molar-refractivity contribution in [2.24, 2.45) is 11.8 Å². The monoisotopic (exact) mass is 408 g/mol. The van der Waals surface area contributed by atoms with Gasteiger partial charge in [0, 0.05) is 12.6 Å². The number of carbonyl (C=O) groups excluding carboxylic acids is 2. The van der Waals surface area contributed by atoms with E-state index in [0.717, 1.165) is 11.1 Å². The lowest BCUT2D eigenvalue weighted by molar-refractivity contribution is -0.176. The minimum absolute atomic E-state index is 0.208. The second-order valence-electron chi connectivity index (χ2n) is 7.74. The van der Waals surface area contributed by atoms with E-state index in [1.807, 2.05) is 60.7 Å². The summed E-state index contributed by atoms with van der Waals surface area (Å²) in [5.74, 6) is -2.09. The van der Waals surface area contributed by atoms with Gasteiger partial charge in [-0.15, -0.1) is 0 Å². The minimum Gasteiger partial charge on any atom is -0.466 e. The molecule has 6 heteroatoms. The van der Waals surface area contributed by atoms with Crippen molar-refractivity contribution in [1.29, 1.82) is 0 Å². The van der Waals surface area contributed by atoms with E-state index in [4.69, 9.17) is 9.47 Å². The standard InChI is InChI=1S/C24H28N2O4/c1-3-29-22(27)19-18-15-25-24(17-13-9-6-10-14-17,20(19)23(28)30-4-2)21(26-18)16-11-7-5-8-12-16/h5-14,18-21,25-26H,3-4,15H2,1-2H3. The molecule has 3 saturated heterocycles. The second kappa shape index (κ2) is 8.58. The van der Waals surface area contributed by atoms with Crippen molar-refractivity contribution in [2.45, 2.75) is 31.5 Å². The lowest BCUT2D eigenvalue weighted by Crippen LogP contribution is -2.77. The smallest absolute Gasteiger partial charge is 0.312 e. The Morgan fingerprint density at radius 1 is 0.933 bits per heavy atom. The van der Waals surface area contributed by atoms with Crippen molar-refractivity contribution in [2.75, 3.05) is 19.8 Å². The molecule has 3 heterocycles. The Hall–Kier alpha value is -2.70. The molecule has 2 bridgehead atoms. The van der Waals surface area contributed by atoms with Crippen LogP contribution in [0.4, 0.5) is 0 Å². The molecule has 0 radical (unpaired) electrons. The van der Waals surface area contributed by atoms with E-state index < -0.39 is 17.4 Å². The molecule has 30 heavy (non-hydrogen) atoms. The fourth-order valence-corrected chi connectivity index (χ4v) is 5.09. The van der Waals surface area contributed by atoms with Gasteiger partial charge in [-0.3, -0.25) is 9.59 Å². The molecule has 5 unspecified atom stereocenters. The third-order valence-electron chi connectivity index (χ3n) is 6.22. The number of rotatable bonds is 6. The molecular formula is C24H28N2O4. The van der Waals surface area contributed by atoms with Crippen molar-refractivity contribution in [3.63, 3.8) is 0 Å². The van der Waals surface area contributed by atoms with Gasteiger partial charge in [-0.05, 0) is 25.0 Å². The number of esters is 2. The van der Waals surface area contributed by atoms with Gasteiger partial charge in [0.15, 0.2) is 0 Å². The van der Waals surface area contributed by atoms with Gasteiger partial charge in [0.1, 0.15) is 0 Å². The van der Waals surface area contributed by atoms with Crippen LogP contribution in [0.25, 0.3) is 0 Å². The Morgan fingerprint density at radius 2 is 1.53 bits per heavy atom. The number of piperidine rings is 2. The van der Waals surface area contributed by atoms with E-state index in [2.05, 4.69) is 10.6 Å². The second-order valence-corrected chi connectivity index (χ2v) is 7.74. The summed E-state index contributed by atoms with van der Waals surface area (Å²) in [6.45, 7) is 4.64. The summed E-state index contributed by atoms with van der Waals surface area (Å²) in [7, 11) is 0. The molecule has 0 saturated carbocycles. The Morgan fingerprint density at radius 3 is 2.17 bits per heavy atom. The summed E-state index contributed by atoms with van der Waals surface area (Å²) in [5.41, 5.74) is 1.15. The molecule has 0 amide bonds. The van der Waals surface area contributed by atoms with E-state index in [9.17, 15) is 9.59 Å². The number of piperazine rings is 1. The highest BCUT2D eigenvalue weighted by Gasteiger charge is 2.65. The van der Waals surface area contributed by atoms with Crippen LogP contribution in [0.5, 0.6) is 0 Å². The molecule has 3 aliphatic heterocycles. The quantitative estimate of drug-likeness (QED) is 0.716. The zero-order chi connectivity index (χ0) is 21.1.